The maximum atomic E-state index is 11.5. The van der Waals surface area contributed by atoms with Crippen molar-refractivity contribution in [2.75, 3.05) is 26.5 Å². The van der Waals surface area contributed by atoms with Crippen molar-refractivity contribution in [1.29, 1.82) is 0 Å². The molecule has 1 saturated heterocycles. The Kier molecular flexibility index (Phi) is 3.88. The fourth-order valence-electron chi connectivity index (χ4n) is 2.48. The first kappa shape index (κ1) is 15.0. The Morgan fingerprint density at radius 1 is 1.27 bits per heavy atom. The fourth-order valence-corrected chi connectivity index (χ4v) is 3.37. The molecule has 0 radical (unpaired) electrons. The van der Waals surface area contributed by atoms with Crippen LogP contribution in [0.5, 0.6) is 5.75 Å². The van der Waals surface area contributed by atoms with E-state index in [1.807, 2.05) is 24.3 Å². The highest BCUT2D eigenvalue weighted by molar-refractivity contribution is 7.88. The van der Waals surface area contributed by atoms with Gasteiger partial charge in [0.05, 0.1) is 19.3 Å². The number of nitrogens with zero attached hydrogens (tertiary/aromatic N) is 3. The summed E-state index contributed by atoms with van der Waals surface area (Å²) >= 11 is 0. The molecule has 1 fully saturated rings. The lowest BCUT2D eigenvalue weighted by atomic mass is 10.1. The molecule has 118 valence electrons. The van der Waals surface area contributed by atoms with E-state index < -0.39 is 10.0 Å². The summed E-state index contributed by atoms with van der Waals surface area (Å²) < 4.78 is 35.3. The van der Waals surface area contributed by atoms with E-state index in [2.05, 4.69) is 10.2 Å². The van der Waals surface area contributed by atoms with E-state index >= 15 is 0 Å². The lowest BCUT2D eigenvalue weighted by Crippen LogP contribution is -2.27. The van der Waals surface area contributed by atoms with Crippen molar-refractivity contribution in [3.05, 3.63) is 30.2 Å². The minimum atomic E-state index is -3.17. The average molecular weight is 323 g/mol. The maximum Gasteiger partial charge on any atom is 0.247 e. The number of benzene rings is 1. The van der Waals surface area contributed by atoms with Gasteiger partial charge in [-0.1, -0.05) is 0 Å². The van der Waals surface area contributed by atoms with Crippen LogP contribution in [0.3, 0.4) is 0 Å². The SMILES string of the molecule is COc1ccc(-c2nnc([C@H]3CCN(S(C)(=O)=O)C3)o2)cc1. The van der Waals surface area contributed by atoms with E-state index in [4.69, 9.17) is 9.15 Å². The summed E-state index contributed by atoms with van der Waals surface area (Å²) in [6, 6.07) is 7.32. The van der Waals surface area contributed by atoms with Crippen molar-refractivity contribution in [3.8, 4) is 17.2 Å². The lowest BCUT2D eigenvalue weighted by molar-refractivity contribution is 0.414. The van der Waals surface area contributed by atoms with Crippen LogP contribution in [-0.2, 0) is 10.0 Å². The summed E-state index contributed by atoms with van der Waals surface area (Å²) in [5.74, 6) is 1.62. The van der Waals surface area contributed by atoms with Gasteiger partial charge in [0, 0.05) is 18.7 Å². The molecule has 0 bridgehead atoms. The van der Waals surface area contributed by atoms with Gasteiger partial charge < -0.3 is 9.15 Å². The maximum absolute atomic E-state index is 11.5. The van der Waals surface area contributed by atoms with Crippen LogP contribution >= 0.6 is 0 Å². The van der Waals surface area contributed by atoms with E-state index in [9.17, 15) is 8.42 Å². The molecule has 0 unspecified atom stereocenters. The van der Waals surface area contributed by atoms with Gasteiger partial charge in [0.1, 0.15) is 5.75 Å². The van der Waals surface area contributed by atoms with Gasteiger partial charge in [0.15, 0.2) is 0 Å². The Bertz CT molecular complexity index is 755. The number of ether oxygens (including phenoxy) is 1. The van der Waals surface area contributed by atoms with E-state index in [0.717, 1.165) is 11.3 Å². The second kappa shape index (κ2) is 5.69. The molecule has 1 aliphatic heterocycles. The average Bonchev–Trinajstić information content (AvgIpc) is 3.15. The normalized spacial score (nSPS) is 19.5. The third kappa shape index (κ3) is 2.97. The molecule has 2 heterocycles. The number of hydrogen-bond acceptors (Lipinski definition) is 6. The first-order chi connectivity index (χ1) is 10.5. The molecule has 7 nitrogen and oxygen atoms in total. The fraction of sp³-hybridized carbons (Fsp3) is 0.429. The van der Waals surface area contributed by atoms with E-state index in [1.54, 1.807) is 7.11 Å². The molecule has 3 rings (SSSR count). The summed E-state index contributed by atoms with van der Waals surface area (Å²) in [4.78, 5) is 0. The van der Waals surface area contributed by atoms with Crippen molar-refractivity contribution in [2.24, 2.45) is 0 Å². The molecule has 8 heteroatoms. The highest BCUT2D eigenvalue weighted by Gasteiger charge is 2.32. The molecule has 2 aromatic rings. The summed E-state index contributed by atoms with van der Waals surface area (Å²) in [5, 5.41) is 8.11. The molecule has 0 aliphatic carbocycles. The van der Waals surface area contributed by atoms with Crippen LogP contribution in [0.2, 0.25) is 0 Å². The minimum absolute atomic E-state index is 0.0470. The third-order valence-electron chi connectivity index (χ3n) is 3.75. The summed E-state index contributed by atoms with van der Waals surface area (Å²) in [5.41, 5.74) is 0.803. The minimum Gasteiger partial charge on any atom is -0.497 e. The molecule has 1 aliphatic rings. The van der Waals surface area contributed by atoms with Crippen molar-refractivity contribution in [2.45, 2.75) is 12.3 Å². The topological polar surface area (TPSA) is 85.5 Å². The van der Waals surface area contributed by atoms with Crippen molar-refractivity contribution in [1.82, 2.24) is 14.5 Å². The molecule has 22 heavy (non-hydrogen) atoms. The Labute approximate surface area is 129 Å². The van der Waals surface area contributed by atoms with Gasteiger partial charge in [-0.25, -0.2) is 12.7 Å². The standard InChI is InChI=1S/C14H17N3O4S/c1-20-12-5-3-10(4-6-12)13-15-16-14(21-13)11-7-8-17(9-11)22(2,18)19/h3-6,11H,7-9H2,1-2H3/t11-/m0/s1. The van der Waals surface area contributed by atoms with E-state index in [0.29, 0.717) is 31.3 Å². The van der Waals surface area contributed by atoms with Crippen LogP contribution in [0.15, 0.2) is 28.7 Å². The van der Waals surface area contributed by atoms with Gasteiger partial charge in [-0.05, 0) is 30.7 Å². The molecular formula is C14H17N3O4S. The first-order valence-electron chi connectivity index (χ1n) is 6.90. The second-order valence-electron chi connectivity index (χ2n) is 5.28. The molecule has 0 amide bonds. The van der Waals surface area contributed by atoms with Crippen LogP contribution in [0.25, 0.3) is 11.5 Å². The van der Waals surface area contributed by atoms with Crippen molar-refractivity contribution in [3.63, 3.8) is 0 Å². The summed E-state index contributed by atoms with van der Waals surface area (Å²) in [7, 11) is -1.56. The second-order valence-corrected chi connectivity index (χ2v) is 7.26. The largest absolute Gasteiger partial charge is 0.497 e. The van der Waals surface area contributed by atoms with E-state index in [-0.39, 0.29) is 5.92 Å². The monoisotopic (exact) mass is 323 g/mol. The van der Waals surface area contributed by atoms with Gasteiger partial charge in [-0.3, -0.25) is 0 Å². The Hall–Kier alpha value is -1.93. The molecular weight excluding hydrogens is 306 g/mol. The molecule has 1 aromatic heterocycles. The van der Waals surface area contributed by atoms with Crippen LogP contribution in [0.4, 0.5) is 0 Å². The molecule has 0 saturated carbocycles. The zero-order valence-corrected chi connectivity index (χ0v) is 13.2. The van der Waals surface area contributed by atoms with Crippen LogP contribution < -0.4 is 4.74 Å². The van der Waals surface area contributed by atoms with E-state index in [1.165, 1.54) is 10.6 Å². The number of methoxy groups -OCH3 is 1. The van der Waals surface area contributed by atoms with Gasteiger partial charge in [0.2, 0.25) is 21.8 Å². The number of hydrogen-bond donors (Lipinski definition) is 0. The van der Waals surface area contributed by atoms with Crippen molar-refractivity contribution < 1.29 is 17.6 Å². The predicted octanol–water partition coefficient (Wildman–Crippen LogP) is 1.49. The molecule has 1 atom stereocenters. The Morgan fingerprint density at radius 2 is 2.00 bits per heavy atom. The third-order valence-corrected chi connectivity index (χ3v) is 5.02. The van der Waals surface area contributed by atoms with Gasteiger partial charge in [-0.2, -0.15) is 0 Å². The van der Waals surface area contributed by atoms with Crippen molar-refractivity contribution >= 4 is 10.0 Å². The van der Waals surface area contributed by atoms with Gasteiger partial charge in [0.25, 0.3) is 0 Å². The molecule has 0 N–H and O–H groups in total. The zero-order valence-electron chi connectivity index (χ0n) is 12.4. The van der Waals surface area contributed by atoms with Crippen LogP contribution in [0, 0.1) is 0 Å². The number of rotatable bonds is 4. The van der Waals surface area contributed by atoms with Gasteiger partial charge in [-0.15, -0.1) is 10.2 Å². The highest BCUT2D eigenvalue weighted by atomic mass is 32.2. The van der Waals surface area contributed by atoms with Crippen LogP contribution in [0.1, 0.15) is 18.2 Å². The predicted molar refractivity (Wildman–Crippen MR) is 80.1 cm³/mol. The zero-order chi connectivity index (χ0) is 15.7. The first-order valence-corrected chi connectivity index (χ1v) is 8.75. The van der Waals surface area contributed by atoms with Gasteiger partial charge >= 0.3 is 0 Å². The molecule has 0 spiro atoms. The summed E-state index contributed by atoms with van der Waals surface area (Å²) in [6.45, 7) is 0.882. The smallest absolute Gasteiger partial charge is 0.247 e. The quantitative estimate of drug-likeness (QED) is 0.847. The Morgan fingerprint density at radius 3 is 2.59 bits per heavy atom. The van der Waals surface area contributed by atoms with Crippen LogP contribution in [-0.4, -0.2) is 49.4 Å². The highest BCUT2D eigenvalue weighted by Crippen LogP contribution is 2.30. The summed E-state index contributed by atoms with van der Waals surface area (Å²) in [6.07, 6.45) is 1.91. The number of aromatic nitrogens is 2. The Balaban J connectivity index is 1.76. The lowest BCUT2D eigenvalue weighted by Gasteiger charge is -2.11. The number of sulfonamides is 1. The molecule has 1 aromatic carbocycles.